The predicted octanol–water partition coefficient (Wildman–Crippen LogP) is 2.75. The van der Waals surface area contributed by atoms with Crippen LogP contribution in [0.4, 0.5) is 11.4 Å². The number of hydrogen-bond donors (Lipinski definition) is 0. The highest BCUT2D eigenvalue weighted by atomic mass is 16.6. The zero-order valence-corrected chi connectivity index (χ0v) is 16.7. The standard InChI is InChI=1S/C21H20N2O7/c1-12-4-5-15(8-13(12)2)21(26)14(3)30-20(25)10-22-17-9-16(23(27)28)6-7-18(17)29-11-19(22)24/h4-9,14H,10-11H2,1-3H3/t14-/m1/s1. The van der Waals surface area contributed by atoms with Crippen molar-refractivity contribution in [1.82, 2.24) is 0 Å². The Bertz CT molecular complexity index is 1050. The Morgan fingerprint density at radius 1 is 1.20 bits per heavy atom. The summed E-state index contributed by atoms with van der Waals surface area (Å²) in [5.74, 6) is -1.48. The van der Waals surface area contributed by atoms with Gasteiger partial charge in [-0.2, -0.15) is 0 Å². The van der Waals surface area contributed by atoms with Crippen molar-refractivity contribution in [3.05, 3.63) is 63.2 Å². The van der Waals surface area contributed by atoms with E-state index >= 15 is 0 Å². The minimum Gasteiger partial charge on any atom is -0.482 e. The number of fused-ring (bicyclic) bond motifs is 1. The average Bonchev–Trinajstić information content (AvgIpc) is 2.71. The second-order valence-electron chi connectivity index (χ2n) is 6.97. The molecule has 0 unspecified atom stereocenters. The van der Waals surface area contributed by atoms with Gasteiger partial charge in [0.1, 0.15) is 12.3 Å². The van der Waals surface area contributed by atoms with Crippen molar-refractivity contribution in [2.24, 2.45) is 0 Å². The van der Waals surface area contributed by atoms with Gasteiger partial charge in [-0.25, -0.2) is 0 Å². The number of rotatable bonds is 6. The average molecular weight is 412 g/mol. The smallest absolute Gasteiger partial charge is 0.326 e. The molecule has 1 aliphatic rings. The molecule has 0 spiro atoms. The Morgan fingerprint density at radius 2 is 1.93 bits per heavy atom. The van der Waals surface area contributed by atoms with Crippen molar-refractivity contribution in [3.63, 3.8) is 0 Å². The van der Waals surface area contributed by atoms with E-state index in [0.717, 1.165) is 22.1 Å². The number of amides is 1. The first-order valence-electron chi connectivity index (χ1n) is 9.20. The van der Waals surface area contributed by atoms with E-state index in [1.165, 1.54) is 19.1 Å². The van der Waals surface area contributed by atoms with E-state index in [-0.39, 0.29) is 29.5 Å². The number of aryl methyl sites for hydroxylation is 2. The summed E-state index contributed by atoms with van der Waals surface area (Å²) in [6, 6.07) is 8.97. The van der Waals surface area contributed by atoms with E-state index in [9.17, 15) is 24.5 Å². The van der Waals surface area contributed by atoms with Gasteiger partial charge in [-0.1, -0.05) is 12.1 Å². The fourth-order valence-corrected chi connectivity index (χ4v) is 3.02. The highest BCUT2D eigenvalue weighted by Gasteiger charge is 2.30. The van der Waals surface area contributed by atoms with Crippen LogP contribution in [0.3, 0.4) is 0 Å². The number of nitrogens with zero attached hydrogens (tertiary/aromatic N) is 2. The first-order valence-corrected chi connectivity index (χ1v) is 9.20. The molecule has 1 heterocycles. The molecule has 0 aliphatic carbocycles. The number of ketones is 1. The molecule has 0 saturated heterocycles. The summed E-state index contributed by atoms with van der Waals surface area (Å²) in [5.41, 5.74) is 2.25. The van der Waals surface area contributed by atoms with Gasteiger partial charge >= 0.3 is 5.97 Å². The van der Waals surface area contributed by atoms with Crippen molar-refractivity contribution < 1.29 is 28.8 Å². The summed E-state index contributed by atoms with van der Waals surface area (Å²) in [5, 5.41) is 11.0. The van der Waals surface area contributed by atoms with Gasteiger partial charge in [0.05, 0.1) is 10.6 Å². The number of hydrogen-bond acceptors (Lipinski definition) is 7. The summed E-state index contributed by atoms with van der Waals surface area (Å²) in [6.07, 6.45) is -1.06. The maximum absolute atomic E-state index is 12.6. The fraction of sp³-hybridized carbons (Fsp3) is 0.286. The van der Waals surface area contributed by atoms with Crippen LogP contribution in [-0.2, 0) is 14.3 Å². The first-order chi connectivity index (χ1) is 14.2. The van der Waals surface area contributed by atoms with Gasteiger partial charge in [-0.3, -0.25) is 29.4 Å². The number of benzene rings is 2. The normalized spacial score (nSPS) is 13.8. The number of anilines is 1. The number of non-ortho nitro benzene ring substituents is 1. The molecule has 0 radical (unpaired) electrons. The summed E-state index contributed by atoms with van der Waals surface area (Å²) in [7, 11) is 0. The van der Waals surface area contributed by atoms with Gasteiger partial charge in [0.2, 0.25) is 5.78 Å². The molecule has 156 valence electrons. The van der Waals surface area contributed by atoms with Crippen LogP contribution in [0.1, 0.15) is 28.4 Å². The number of Topliss-reactive ketones (excluding diaryl/α,β-unsaturated/α-hetero) is 1. The Balaban J connectivity index is 1.73. The van der Waals surface area contributed by atoms with Crippen LogP contribution in [0.5, 0.6) is 5.75 Å². The molecule has 2 aromatic carbocycles. The molecule has 30 heavy (non-hydrogen) atoms. The summed E-state index contributed by atoms with van der Waals surface area (Å²) >= 11 is 0. The lowest BCUT2D eigenvalue weighted by Crippen LogP contribution is -2.43. The molecule has 3 rings (SSSR count). The molecule has 9 heteroatoms. The van der Waals surface area contributed by atoms with Gasteiger partial charge in [0.15, 0.2) is 12.7 Å². The number of nitro benzene ring substituents is 1. The SMILES string of the molecule is Cc1ccc(C(=O)[C@@H](C)OC(=O)CN2C(=O)COc3ccc([N+](=O)[O-])cc32)cc1C. The molecule has 0 saturated carbocycles. The maximum Gasteiger partial charge on any atom is 0.326 e. The lowest BCUT2D eigenvalue weighted by atomic mass is 10.0. The molecule has 1 atom stereocenters. The van der Waals surface area contributed by atoms with Crippen molar-refractivity contribution in [2.45, 2.75) is 26.9 Å². The van der Waals surface area contributed by atoms with Crippen LogP contribution in [0.15, 0.2) is 36.4 Å². The van der Waals surface area contributed by atoms with E-state index in [0.29, 0.717) is 5.56 Å². The topological polar surface area (TPSA) is 116 Å². The van der Waals surface area contributed by atoms with E-state index in [1.54, 1.807) is 12.1 Å². The Hall–Kier alpha value is -3.75. The quantitative estimate of drug-likeness (QED) is 0.310. The number of ether oxygens (including phenoxy) is 2. The molecule has 0 bridgehead atoms. The molecule has 1 aliphatic heterocycles. The summed E-state index contributed by atoms with van der Waals surface area (Å²) < 4.78 is 10.5. The number of esters is 1. The number of carbonyl (C=O) groups excluding carboxylic acids is 3. The lowest BCUT2D eigenvalue weighted by molar-refractivity contribution is -0.384. The van der Waals surface area contributed by atoms with Crippen LogP contribution >= 0.6 is 0 Å². The van der Waals surface area contributed by atoms with Gasteiger partial charge in [0.25, 0.3) is 11.6 Å². The molecule has 0 N–H and O–H groups in total. The van der Waals surface area contributed by atoms with E-state index in [4.69, 9.17) is 9.47 Å². The molecular weight excluding hydrogens is 392 g/mol. The Kier molecular flexibility index (Phi) is 5.81. The van der Waals surface area contributed by atoms with Crippen LogP contribution in [-0.4, -0.2) is 41.8 Å². The third kappa shape index (κ3) is 4.29. The summed E-state index contributed by atoms with van der Waals surface area (Å²) in [4.78, 5) is 48.7. The highest BCUT2D eigenvalue weighted by Crippen LogP contribution is 2.35. The maximum atomic E-state index is 12.6. The van der Waals surface area contributed by atoms with Crippen molar-refractivity contribution in [3.8, 4) is 5.75 Å². The second kappa shape index (κ2) is 8.32. The molecule has 1 amide bonds. The zero-order chi connectivity index (χ0) is 22.0. The van der Waals surface area contributed by atoms with Gasteiger partial charge < -0.3 is 9.47 Å². The van der Waals surface area contributed by atoms with Crippen LogP contribution in [0, 0.1) is 24.0 Å². The highest BCUT2D eigenvalue weighted by molar-refractivity contribution is 6.03. The first kappa shape index (κ1) is 21.0. The van der Waals surface area contributed by atoms with Gasteiger partial charge in [-0.15, -0.1) is 0 Å². The second-order valence-corrected chi connectivity index (χ2v) is 6.97. The van der Waals surface area contributed by atoms with Crippen LogP contribution < -0.4 is 9.64 Å². The predicted molar refractivity (Wildman–Crippen MR) is 107 cm³/mol. The van der Waals surface area contributed by atoms with E-state index in [1.807, 2.05) is 19.9 Å². The molecule has 0 fully saturated rings. The van der Waals surface area contributed by atoms with Gasteiger partial charge in [0, 0.05) is 17.7 Å². The van der Waals surface area contributed by atoms with E-state index < -0.39 is 29.4 Å². The molecular formula is C21H20N2O7. The molecule has 9 nitrogen and oxygen atoms in total. The molecule has 2 aromatic rings. The largest absolute Gasteiger partial charge is 0.482 e. The van der Waals surface area contributed by atoms with Crippen molar-refractivity contribution >= 4 is 29.0 Å². The number of carbonyl (C=O) groups is 3. The Labute approximate surface area is 172 Å². The monoisotopic (exact) mass is 412 g/mol. The minimum absolute atomic E-state index is 0.102. The molecule has 0 aromatic heterocycles. The van der Waals surface area contributed by atoms with Gasteiger partial charge in [-0.05, 0) is 44.0 Å². The van der Waals surface area contributed by atoms with Crippen LogP contribution in [0.25, 0.3) is 0 Å². The van der Waals surface area contributed by atoms with Crippen LogP contribution in [0.2, 0.25) is 0 Å². The fourth-order valence-electron chi connectivity index (χ4n) is 3.02. The lowest BCUT2D eigenvalue weighted by Gasteiger charge is -2.28. The third-order valence-corrected chi connectivity index (χ3v) is 4.85. The minimum atomic E-state index is -1.06. The number of nitro groups is 1. The van der Waals surface area contributed by atoms with E-state index in [2.05, 4.69) is 0 Å². The third-order valence-electron chi connectivity index (χ3n) is 4.85. The van der Waals surface area contributed by atoms with Crippen molar-refractivity contribution in [1.29, 1.82) is 0 Å². The van der Waals surface area contributed by atoms with Crippen molar-refractivity contribution in [2.75, 3.05) is 18.1 Å². The summed E-state index contributed by atoms with van der Waals surface area (Å²) in [6.45, 7) is 4.45. The Morgan fingerprint density at radius 3 is 2.60 bits per heavy atom. The zero-order valence-electron chi connectivity index (χ0n) is 16.7.